The quantitative estimate of drug-likeness (QED) is 0.798. The van der Waals surface area contributed by atoms with Crippen LogP contribution in [0.4, 0.5) is 5.69 Å². The predicted molar refractivity (Wildman–Crippen MR) is 92.0 cm³/mol. The molecule has 7 heteroatoms. The number of nitrogens with zero attached hydrogens (tertiary/aromatic N) is 1. The van der Waals surface area contributed by atoms with Gasteiger partial charge in [0.25, 0.3) is 5.91 Å². The van der Waals surface area contributed by atoms with Crippen molar-refractivity contribution in [3.05, 3.63) is 50.2 Å². The highest BCUT2D eigenvalue weighted by molar-refractivity contribution is 9.10. The van der Waals surface area contributed by atoms with E-state index in [4.69, 9.17) is 27.9 Å². The van der Waals surface area contributed by atoms with Crippen molar-refractivity contribution in [2.75, 3.05) is 11.9 Å². The number of amides is 1. The third-order valence-electron chi connectivity index (χ3n) is 2.86. The largest absolute Gasteiger partial charge is 0.480 e. The lowest BCUT2D eigenvalue weighted by Gasteiger charge is -2.13. The van der Waals surface area contributed by atoms with Gasteiger partial charge in [-0.25, -0.2) is 0 Å². The molecule has 0 unspecified atom stereocenters. The fourth-order valence-corrected chi connectivity index (χ4v) is 2.60. The number of carbonyl (C=O) groups is 1. The Morgan fingerprint density at radius 1 is 1.23 bits per heavy atom. The van der Waals surface area contributed by atoms with E-state index in [0.717, 1.165) is 4.47 Å². The Balaban J connectivity index is 2.08. The van der Waals surface area contributed by atoms with E-state index in [2.05, 4.69) is 26.2 Å². The first-order valence-electron chi connectivity index (χ1n) is 6.39. The van der Waals surface area contributed by atoms with Gasteiger partial charge in [0, 0.05) is 4.47 Å². The molecule has 1 N–H and O–H groups in total. The van der Waals surface area contributed by atoms with Crippen LogP contribution in [0.5, 0.6) is 5.75 Å². The standard InChI is InChI=1S/C15H13BrCl2N2O2/c1-8-13(17)15(14(18)9(2)19-8)22-7-12(21)20-11-6-4-3-5-10(11)16/h3-6H,7H2,1-2H3,(H,20,21). The molecule has 0 aliphatic carbocycles. The van der Waals surface area contributed by atoms with E-state index in [-0.39, 0.29) is 18.3 Å². The van der Waals surface area contributed by atoms with E-state index in [0.29, 0.717) is 27.1 Å². The summed E-state index contributed by atoms with van der Waals surface area (Å²) in [6.45, 7) is 3.29. The number of hydrogen-bond donors (Lipinski definition) is 1. The summed E-state index contributed by atoms with van der Waals surface area (Å²) >= 11 is 15.6. The Hall–Kier alpha value is -1.30. The number of para-hydroxylation sites is 1. The average Bonchev–Trinajstić information content (AvgIpc) is 2.47. The van der Waals surface area contributed by atoms with Crippen LogP contribution in [0.2, 0.25) is 10.0 Å². The number of halogens is 3. The monoisotopic (exact) mass is 402 g/mol. The smallest absolute Gasteiger partial charge is 0.262 e. The van der Waals surface area contributed by atoms with Crippen LogP contribution in [0.15, 0.2) is 28.7 Å². The Morgan fingerprint density at radius 2 is 1.82 bits per heavy atom. The van der Waals surface area contributed by atoms with Gasteiger partial charge < -0.3 is 10.1 Å². The lowest BCUT2D eigenvalue weighted by atomic mass is 10.3. The average molecular weight is 404 g/mol. The highest BCUT2D eigenvalue weighted by Gasteiger charge is 2.16. The zero-order valence-electron chi connectivity index (χ0n) is 11.9. The lowest BCUT2D eigenvalue weighted by Crippen LogP contribution is -2.20. The molecule has 0 saturated carbocycles. The van der Waals surface area contributed by atoms with E-state index in [9.17, 15) is 4.79 Å². The molecule has 1 aromatic carbocycles. The molecule has 0 saturated heterocycles. The van der Waals surface area contributed by atoms with Crippen molar-refractivity contribution in [3.63, 3.8) is 0 Å². The van der Waals surface area contributed by atoms with Crippen molar-refractivity contribution < 1.29 is 9.53 Å². The highest BCUT2D eigenvalue weighted by Crippen LogP contribution is 2.36. The topological polar surface area (TPSA) is 51.2 Å². The van der Waals surface area contributed by atoms with E-state index in [1.165, 1.54) is 0 Å². The molecule has 1 heterocycles. The molecule has 116 valence electrons. The maximum absolute atomic E-state index is 12.0. The molecule has 4 nitrogen and oxygen atoms in total. The molecular weight excluding hydrogens is 391 g/mol. The number of ether oxygens (including phenoxy) is 1. The molecule has 1 amide bonds. The van der Waals surface area contributed by atoms with Crippen LogP contribution >= 0.6 is 39.1 Å². The van der Waals surface area contributed by atoms with E-state index in [1.807, 2.05) is 18.2 Å². The van der Waals surface area contributed by atoms with Gasteiger partial charge >= 0.3 is 0 Å². The third-order valence-corrected chi connectivity index (χ3v) is 4.45. The van der Waals surface area contributed by atoms with Crippen LogP contribution in [0.3, 0.4) is 0 Å². The van der Waals surface area contributed by atoms with Crippen molar-refractivity contribution >= 4 is 50.7 Å². The Morgan fingerprint density at radius 3 is 2.41 bits per heavy atom. The van der Waals surface area contributed by atoms with Gasteiger partial charge in [0.2, 0.25) is 0 Å². The molecule has 0 aliphatic rings. The van der Waals surface area contributed by atoms with Gasteiger partial charge in [0.1, 0.15) is 10.0 Å². The van der Waals surface area contributed by atoms with Crippen molar-refractivity contribution in [1.82, 2.24) is 4.98 Å². The summed E-state index contributed by atoms with van der Waals surface area (Å²) in [6, 6.07) is 7.30. The Kier molecular flexibility index (Phi) is 5.67. The fourth-order valence-electron chi connectivity index (χ4n) is 1.79. The number of aryl methyl sites for hydroxylation is 2. The first-order chi connectivity index (χ1) is 10.4. The minimum Gasteiger partial charge on any atom is -0.480 e. The summed E-state index contributed by atoms with van der Waals surface area (Å²) in [5.74, 6) is -0.0400. The molecule has 0 atom stereocenters. The fraction of sp³-hybridized carbons (Fsp3) is 0.200. The van der Waals surface area contributed by atoms with E-state index < -0.39 is 0 Å². The number of benzene rings is 1. The number of rotatable bonds is 4. The SMILES string of the molecule is Cc1nc(C)c(Cl)c(OCC(=O)Nc2ccccc2Br)c1Cl. The Labute approximate surface area is 146 Å². The van der Waals surface area contributed by atoms with Crippen molar-refractivity contribution in [1.29, 1.82) is 0 Å². The van der Waals surface area contributed by atoms with Crippen LogP contribution < -0.4 is 10.1 Å². The number of anilines is 1. The van der Waals surface area contributed by atoms with Crippen LogP contribution in [0.25, 0.3) is 0 Å². The van der Waals surface area contributed by atoms with Gasteiger partial charge in [-0.2, -0.15) is 0 Å². The third kappa shape index (κ3) is 3.91. The molecule has 0 aliphatic heterocycles. The van der Waals surface area contributed by atoms with Gasteiger partial charge in [-0.3, -0.25) is 9.78 Å². The van der Waals surface area contributed by atoms with Crippen LogP contribution in [-0.2, 0) is 4.79 Å². The molecule has 2 rings (SSSR count). The van der Waals surface area contributed by atoms with Gasteiger partial charge in [-0.05, 0) is 41.9 Å². The second kappa shape index (κ2) is 7.31. The number of nitrogens with one attached hydrogen (secondary N) is 1. The summed E-state index contributed by atoms with van der Waals surface area (Å²) in [5.41, 5.74) is 1.87. The maximum atomic E-state index is 12.0. The normalized spacial score (nSPS) is 10.4. The predicted octanol–water partition coefficient (Wildman–Crippen LogP) is 4.79. The van der Waals surface area contributed by atoms with Crippen molar-refractivity contribution in [3.8, 4) is 5.75 Å². The zero-order valence-corrected chi connectivity index (χ0v) is 15.0. The summed E-state index contributed by atoms with van der Waals surface area (Å²) < 4.78 is 6.26. The number of hydrogen-bond acceptors (Lipinski definition) is 3. The molecule has 0 fully saturated rings. The second-order valence-corrected chi connectivity index (χ2v) is 6.17. The van der Waals surface area contributed by atoms with E-state index >= 15 is 0 Å². The van der Waals surface area contributed by atoms with Crippen LogP contribution in [0.1, 0.15) is 11.4 Å². The molecule has 0 bridgehead atoms. The highest BCUT2D eigenvalue weighted by atomic mass is 79.9. The molecule has 0 radical (unpaired) electrons. The molecule has 22 heavy (non-hydrogen) atoms. The first kappa shape index (κ1) is 17.1. The van der Waals surface area contributed by atoms with Gasteiger partial charge in [-0.1, -0.05) is 35.3 Å². The minimum atomic E-state index is -0.314. The van der Waals surface area contributed by atoms with Crippen LogP contribution in [0, 0.1) is 13.8 Å². The molecule has 0 spiro atoms. The minimum absolute atomic E-state index is 0.205. The number of pyridine rings is 1. The van der Waals surface area contributed by atoms with Gasteiger partial charge in [0.05, 0.1) is 17.1 Å². The summed E-state index contributed by atoms with van der Waals surface area (Å²) in [4.78, 5) is 16.2. The van der Waals surface area contributed by atoms with Crippen molar-refractivity contribution in [2.45, 2.75) is 13.8 Å². The molecule has 1 aromatic heterocycles. The van der Waals surface area contributed by atoms with Gasteiger partial charge in [-0.15, -0.1) is 0 Å². The number of carbonyl (C=O) groups excluding carboxylic acids is 1. The summed E-state index contributed by atoms with van der Waals surface area (Å²) in [6.07, 6.45) is 0. The van der Waals surface area contributed by atoms with Gasteiger partial charge in [0.15, 0.2) is 12.4 Å². The second-order valence-electron chi connectivity index (χ2n) is 4.56. The van der Waals surface area contributed by atoms with E-state index in [1.54, 1.807) is 19.9 Å². The first-order valence-corrected chi connectivity index (χ1v) is 7.94. The summed E-state index contributed by atoms with van der Waals surface area (Å²) in [5, 5.41) is 3.36. The molecule has 2 aromatic rings. The van der Waals surface area contributed by atoms with Crippen molar-refractivity contribution in [2.24, 2.45) is 0 Å². The van der Waals surface area contributed by atoms with Crippen LogP contribution in [-0.4, -0.2) is 17.5 Å². The number of aromatic nitrogens is 1. The zero-order chi connectivity index (χ0) is 16.3. The Bertz CT molecular complexity index is 697. The maximum Gasteiger partial charge on any atom is 0.262 e. The summed E-state index contributed by atoms with van der Waals surface area (Å²) in [7, 11) is 0. The lowest BCUT2D eigenvalue weighted by molar-refractivity contribution is -0.118. The molecular formula is C15H13BrCl2N2O2.